The Labute approximate surface area is 200 Å². The Morgan fingerprint density at radius 1 is 1.04 bits per heavy atom. The zero-order valence-electron chi connectivity index (χ0n) is 15.3. The molecular formula is C21H26NO2Rb. The first-order valence-corrected chi connectivity index (χ1v) is 8.74. The van der Waals surface area contributed by atoms with Crippen LogP contribution in [0, 0.1) is 11.8 Å². The predicted molar refractivity (Wildman–Crippen MR) is 96.6 cm³/mol. The summed E-state index contributed by atoms with van der Waals surface area (Å²) in [5.41, 5.74) is 2.18. The maximum atomic E-state index is 11.7. The molecule has 3 nitrogen and oxygen atoms in total. The Balaban J connectivity index is 0.00000312. The normalized spacial score (nSPS) is 12.7. The molecule has 4 heteroatoms. The first-order chi connectivity index (χ1) is 11.7. The number of unbranched alkanes of at least 4 members (excludes halogenated alkanes) is 1. The van der Waals surface area contributed by atoms with Crippen molar-refractivity contribution in [3.63, 3.8) is 0 Å². The van der Waals surface area contributed by atoms with Crippen LogP contribution in [0.4, 0.5) is 5.69 Å². The van der Waals surface area contributed by atoms with Crippen LogP contribution >= 0.6 is 0 Å². The van der Waals surface area contributed by atoms with Gasteiger partial charge >= 0.3 is 58.2 Å². The first-order valence-electron chi connectivity index (χ1n) is 8.74. The van der Waals surface area contributed by atoms with Crippen LogP contribution in [0.15, 0.2) is 60.7 Å². The quantitative estimate of drug-likeness (QED) is 0.622. The van der Waals surface area contributed by atoms with E-state index in [4.69, 9.17) is 0 Å². The Bertz CT molecular complexity index is 604. The van der Waals surface area contributed by atoms with Gasteiger partial charge in [0.15, 0.2) is 0 Å². The van der Waals surface area contributed by atoms with E-state index in [1.54, 1.807) is 0 Å². The topological polar surface area (TPSA) is 52.2 Å². The van der Waals surface area contributed by atoms with Gasteiger partial charge in [0.25, 0.3) is 0 Å². The minimum Gasteiger partial charge on any atom is -0.550 e. The molecule has 0 aliphatic carbocycles. The van der Waals surface area contributed by atoms with Crippen molar-refractivity contribution in [2.45, 2.75) is 32.6 Å². The van der Waals surface area contributed by atoms with Crippen LogP contribution in [0.2, 0.25) is 0 Å². The van der Waals surface area contributed by atoms with Crippen molar-refractivity contribution in [2.75, 3.05) is 11.9 Å². The van der Waals surface area contributed by atoms with Crippen LogP contribution in [-0.4, -0.2) is 12.5 Å². The van der Waals surface area contributed by atoms with Crippen LogP contribution in [-0.2, 0) is 11.2 Å². The number of carbonyl (C=O) groups is 1. The fraction of sp³-hybridized carbons (Fsp3) is 0.381. The van der Waals surface area contributed by atoms with E-state index in [2.05, 4.69) is 24.4 Å². The molecule has 0 aromatic heterocycles. The number of benzene rings is 2. The molecule has 2 unspecified atom stereocenters. The van der Waals surface area contributed by atoms with Gasteiger partial charge in [-0.3, -0.25) is 0 Å². The molecule has 0 fully saturated rings. The molecule has 0 aliphatic heterocycles. The summed E-state index contributed by atoms with van der Waals surface area (Å²) in [4.78, 5) is 11.7. The largest absolute Gasteiger partial charge is 1.00 e. The van der Waals surface area contributed by atoms with Crippen LogP contribution < -0.4 is 68.6 Å². The number of carboxylic acids is 1. The fourth-order valence-electron chi connectivity index (χ4n) is 3.05. The monoisotopic (exact) mass is 409 g/mol. The van der Waals surface area contributed by atoms with Crippen LogP contribution in [0.1, 0.15) is 31.7 Å². The molecule has 25 heavy (non-hydrogen) atoms. The van der Waals surface area contributed by atoms with Crippen molar-refractivity contribution in [3.05, 3.63) is 66.2 Å². The Kier molecular flexibility index (Phi) is 11.6. The van der Waals surface area contributed by atoms with Gasteiger partial charge < -0.3 is 15.2 Å². The third-order valence-corrected chi connectivity index (χ3v) is 4.42. The van der Waals surface area contributed by atoms with Gasteiger partial charge in [-0.05, 0) is 36.5 Å². The maximum absolute atomic E-state index is 11.7. The maximum Gasteiger partial charge on any atom is 1.00 e. The fourth-order valence-corrected chi connectivity index (χ4v) is 3.05. The first kappa shape index (κ1) is 22.6. The summed E-state index contributed by atoms with van der Waals surface area (Å²) in [5, 5.41) is 15.1. The van der Waals surface area contributed by atoms with Gasteiger partial charge in [-0.25, -0.2) is 0 Å². The van der Waals surface area contributed by atoms with Crippen molar-refractivity contribution < 1.29 is 68.1 Å². The molecule has 0 bridgehead atoms. The zero-order valence-corrected chi connectivity index (χ0v) is 20.2. The van der Waals surface area contributed by atoms with Gasteiger partial charge in [0.1, 0.15) is 0 Å². The average Bonchev–Trinajstić information content (AvgIpc) is 2.61. The molecule has 2 aromatic rings. The second-order valence-electron chi connectivity index (χ2n) is 6.26. The van der Waals surface area contributed by atoms with E-state index in [1.807, 2.05) is 48.5 Å². The minimum atomic E-state index is -0.931. The van der Waals surface area contributed by atoms with Gasteiger partial charge in [0.05, 0.1) is 0 Å². The number of hydrogen-bond donors (Lipinski definition) is 1. The number of para-hydroxylation sites is 1. The third kappa shape index (κ3) is 8.16. The van der Waals surface area contributed by atoms with Crippen molar-refractivity contribution in [3.8, 4) is 0 Å². The van der Waals surface area contributed by atoms with E-state index in [0.717, 1.165) is 24.9 Å². The molecule has 0 aliphatic rings. The molecule has 2 rings (SSSR count). The molecule has 128 valence electrons. The summed E-state index contributed by atoms with van der Waals surface area (Å²) in [5.74, 6) is -1.36. The second kappa shape index (κ2) is 12.8. The summed E-state index contributed by atoms with van der Waals surface area (Å²) >= 11 is 0. The number of hydrogen-bond acceptors (Lipinski definition) is 3. The van der Waals surface area contributed by atoms with E-state index in [9.17, 15) is 9.90 Å². The van der Waals surface area contributed by atoms with E-state index >= 15 is 0 Å². The van der Waals surface area contributed by atoms with Gasteiger partial charge in [-0.1, -0.05) is 68.3 Å². The number of anilines is 1. The number of aliphatic carboxylic acids is 1. The molecule has 0 saturated heterocycles. The standard InChI is InChI=1S/C21H27NO2.Rb/c1-2-3-14-20(21(23)24)18(15-17-10-6-4-7-11-17)16-22-19-12-8-5-9-13-19;/h4-13,18,20,22H,2-3,14-16H2,1H3,(H,23,24);/q;+1/p-1. The van der Waals surface area contributed by atoms with Gasteiger partial charge in [-0.15, -0.1) is 0 Å². The van der Waals surface area contributed by atoms with Crippen molar-refractivity contribution in [1.29, 1.82) is 0 Å². The number of carboxylic acid groups (broad SMARTS) is 1. The second-order valence-corrected chi connectivity index (χ2v) is 6.26. The minimum absolute atomic E-state index is 0. The van der Waals surface area contributed by atoms with Gasteiger partial charge in [-0.2, -0.15) is 0 Å². The molecule has 1 N–H and O–H groups in total. The zero-order chi connectivity index (χ0) is 17.2. The van der Waals surface area contributed by atoms with Crippen LogP contribution in [0.25, 0.3) is 0 Å². The van der Waals surface area contributed by atoms with Crippen molar-refractivity contribution >= 4 is 11.7 Å². The van der Waals surface area contributed by atoms with Crippen molar-refractivity contribution in [2.24, 2.45) is 11.8 Å². The van der Waals surface area contributed by atoms with E-state index in [1.165, 1.54) is 5.56 Å². The number of carbonyl (C=O) groups excluding carboxylic acids is 1. The molecule has 0 amide bonds. The predicted octanol–water partition coefficient (Wildman–Crippen LogP) is 0.518. The average molecular weight is 410 g/mol. The summed E-state index contributed by atoms with van der Waals surface area (Å²) in [6.07, 6.45) is 3.32. The summed E-state index contributed by atoms with van der Waals surface area (Å²) in [7, 11) is 0. The Morgan fingerprint density at radius 3 is 2.20 bits per heavy atom. The summed E-state index contributed by atoms with van der Waals surface area (Å²) < 4.78 is 0. The molecular weight excluding hydrogens is 384 g/mol. The van der Waals surface area contributed by atoms with Crippen LogP contribution in [0.5, 0.6) is 0 Å². The van der Waals surface area contributed by atoms with E-state index in [-0.39, 0.29) is 64.1 Å². The molecule has 0 heterocycles. The number of rotatable bonds is 10. The van der Waals surface area contributed by atoms with Crippen LogP contribution in [0.3, 0.4) is 0 Å². The molecule has 0 spiro atoms. The molecule has 0 saturated carbocycles. The Morgan fingerprint density at radius 2 is 1.64 bits per heavy atom. The van der Waals surface area contributed by atoms with E-state index in [0.29, 0.717) is 13.0 Å². The smallest absolute Gasteiger partial charge is 0.550 e. The SMILES string of the molecule is CCCCC(C(=O)[O-])C(CNc1ccccc1)Cc1ccccc1.[Rb+]. The summed E-state index contributed by atoms with van der Waals surface area (Å²) in [6.45, 7) is 2.71. The van der Waals surface area contributed by atoms with E-state index < -0.39 is 11.9 Å². The van der Waals surface area contributed by atoms with Crippen molar-refractivity contribution in [1.82, 2.24) is 0 Å². The molecule has 2 aromatic carbocycles. The Hall–Kier alpha value is -0.485. The third-order valence-electron chi connectivity index (χ3n) is 4.42. The summed E-state index contributed by atoms with van der Waals surface area (Å²) in [6, 6.07) is 20.0. The van der Waals surface area contributed by atoms with Gasteiger partial charge in [0.2, 0.25) is 0 Å². The van der Waals surface area contributed by atoms with Gasteiger partial charge in [0, 0.05) is 24.1 Å². The number of nitrogens with one attached hydrogen (secondary N) is 1. The molecule has 2 atom stereocenters. The molecule has 0 radical (unpaired) electrons.